The van der Waals surface area contributed by atoms with Gasteiger partial charge in [0.15, 0.2) is 0 Å². The third-order valence-corrected chi connectivity index (χ3v) is 3.79. The van der Waals surface area contributed by atoms with Crippen molar-refractivity contribution in [2.75, 3.05) is 0 Å². The second kappa shape index (κ2) is 7.42. The van der Waals surface area contributed by atoms with Gasteiger partial charge >= 0.3 is 12.1 Å². The summed E-state index contributed by atoms with van der Waals surface area (Å²) in [5.41, 5.74) is 0.144. The molecule has 1 fully saturated rings. The standard InChI is InChI=1S/C15H21F5O2/c1-10(2)13(21)22-12(11-5-3-4-6-11)7-8-14(16,17)9-15(18,19)20/h11-12H,1,3-9H2,2H3. The van der Waals surface area contributed by atoms with Crippen LogP contribution in [0.5, 0.6) is 0 Å². The average molecular weight is 328 g/mol. The normalized spacial score (nSPS) is 18.3. The van der Waals surface area contributed by atoms with E-state index in [1.54, 1.807) is 0 Å². The number of carbonyl (C=O) groups excluding carboxylic acids is 1. The molecule has 7 heteroatoms. The highest BCUT2D eigenvalue weighted by Crippen LogP contribution is 2.38. The molecule has 0 heterocycles. The fraction of sp³-hybridized carbons (Fsp3) is 0.800. The third-order valence-electron chi connectivity index (χ3n) is 3.79. The summed E-state index contributed by atoms with van der Waals surface area (Å²) in [6, 6.07) is 0. The van der Waals surface area contributed by atoms with E-state index in [1.165, 1.54) is 6.92 Å². The van der Waals surface area contributed by atoms with Crippen LogP contribution in [0.4, 0.5) is 22.0 Å². The van der Waals surface area contributed by atoms with E-state index < -0.39 is 37.0 Å². The first-order valence-electron chi connectivity index (χ1n) is 7.31. The molecule has 1 aliphatic rings. The molecule has 0 bridgehead atoms. The van der Waals surface area contributed by atoms with Crippen molar-refractivity contribution < 1.29 is 31.5 Å². The van der Waals surface area contributed by atoms with Crippen molar-refractivity contribution >= 4 is 5.97 Å². The van der Waals surface area contributed by atoms with E-state index in [4.69, 9.17) is 4.74 Å². The first-order chi connectivity index (χ1) is 10.0. The Morgan fingerprint density at radius 3 is 2.23 bits per heavy atom. The second-order valence-corrected chi connectivity index (χ2v) is 5.96. The van der Waals surface area contributed by atoms with Gasteiger partial charge in [0.05, 0.1) is 0 Å². The molecule has 0 spiro atoms. The zero-order valence-electron chi connectivity index (χ0n) is 12.5. The molecule has 128 valence electrons. The molecular weight excluding hydrogens is 307 g/mol. The molecule has 0 aromatic carbocycles. The van der Waals surface area contributed by atoms with Crippen LogP contribution in [-0.2, 0) is 9.53 Å². The van der Waals surface area contributed by atoms with Gasteiger partial charge in [0.1, 0.15) is 12.5 Å². The fourth-order valence-corrected chi connectivity index (χ4v) is 2.69. The van der Waals surface area contributed by atoms with E-state index in [9.17, 15) is 26.7 Å². The van der Waals surface area contributed by atoms with Crippen LogP contribution in [0.3, 0.4) is 0 Å². The molecule has 0 N–H and O–H groups in total. The zero-order valence-corrected chi connectivity index (χ0v) is 12.5. The van der Waals surface area contributed by atoms with Gasteiger partial charge in [0, 0.05) is 12.0 Å². The molecule has 0 radical (unpaired) electrons. The summed E-state index contributed by atoms with van der Waals surface area (Å²) in [5.74, 6) is -4.59. The summed E-state index contributed by atoms with van der Waals surface area (Å²) in [7, 11) is 0. The van der Waals surface area contributed by atoms with Crippen molar-refractivity contribution in [1.82, 2.24) is 0 Å². The van der Waals surface area contributed by atoms with Gasteiger partial charge in [-0.05, 0) is 32.1 Å². The van der Waals surface area contributed by atoms with Gasteiger partial charge in [-0.25, -0.2) is 13.6 Å². The number of halogens is 5. The maximum absolute atomic E-state index is 13.4. The highest BCUT2D eigenvalue weighted by atomic mass is 19.4. The Morgan fingerprint density at radius 2 is 1.77 bits per heavy atom. The Kier molecular flexibility index (Phi) is 6.38. The molecule has 1 saturated carbocycles. The van der Waals surface area contributed by atoms with Gasteiger partial charge in [-0.15, -0.1) is 0 Å². The van der Waals surface area contributed by atoms with Gasteiger partial charge in [0.25, 0.3) is 5.92 Å². The van der Waals surface area contributed by atoms with Crippen molar-refractivity contribution in [3.8, 4) is 0 Å². The Labute approximate surface area is 126 Å². The summed E-state index contributed by atoms with van der Waals surface area (Å²) in [6.45, 7) is 4.86. The molecule has 1 rings (SSSR count). The van der Waals surface area contributed by atoms with Gasteiger partial charge in [-0.3, -0.25) is 0 Å². The number of ether oxygens (including phenoxy) is 1. The molecule has 0 aliphatic heterocycles. The van der Waals surface area contributed by atoms with Crippen molar-refractivity contribution in [3.63, 3.8) is 0 Å². The molecule has 1 unspecified atom stereocenters. The smallest absolute Gasteiger partial charge is 0.394 e. The average Bonchev–Trinajstić information content (AvgIpc) is 2.84. The number of esters is 1. The van der Waals surface area contributed by atoms with Crippen molar-refractivity contribution in [1.29, 1.82) is 0 Å². The molecule has 0 aromatic rings. The molecule has 0 saturated heterocycles. The van der Waals surface area contributed by atoms with E-state index in [0.29, 0.717) is 0 Å². The molecule has 0 amide bonds. The monoisotopic (exact) mass is 328 g/mol. The van der Waals surface area contributed by atoms with Crippen LogP contribution in [0.1, 0.15) is 51.9 Å². The molecule has 0 aromatic heterocycles. The molecule has 22 heavy (non-hydrogen) atoms. The first-order valence-corrected chi connectivity index (χ1v) is 7.31. The lowest BCUT2D eigenvalue weighted by atomic mass is 9.94. The number of rotatable bonds is 7. The maximum atomic E-state index is 13.4. The van der Waals surface area contributed by atoms with E-state index >= 15 is 0 Å². The molecule has 1 aliphatic carbocycles. The highest BCUT2D eigenvalue weighted by molar-refractivity contribution is 5.87. The summed E-state index contributed by atoms with van der Waals surface area (Å²) >= 11 is 0. The topological polar surface area (TPSA) is 26.3 Å². The van der Waals surface area contributed by atoms with E-state index in [2.05, 4.69) is 6.58 Å². The van der Waals surface area contributed by atoms with Gasteiger partial charge in [-0.2, -0.15) is 13.2 Å². The van der Waals surface area contributed by atoms with Crippen molar-refractivity contribution in [2.24, 2.45) is 5.92 Å². The first kappa shape index (κ1) is 18.9. The Bertz CT molecular complexity index is 397. The van der Waals surface area contributed by atoms with Crippen molar-refractivity contribution in [2.45, 2.75) is 70.1 Å². The number of carbonyl (C=O) groups is 1. The van der Waals surface area contributed by atoms with Gasteiger partial charge < -0.3 is 4.74 Å². The number of hydrogen-bond acceptors (Lipinski definition) is 2. The van der Waals surface area contributed by atoms with Crippen LogP contribution in [0, 0.1) is 5.92 Å². The Hall–Kier alpha value is -1.14. The number of alkyl halides is 5. The molecule has 2 nitrogen and oxygen atoms in total. The summed E-state index contributed by atoms with van der Waals surface area (Å²) in [5, 5.41) is 0. The second-order valence-electron chi connectivity index (χ2n) is 5.96. The predicted molar refractivity (Wildman–Crippen MR) is 71.5 cm³/mol. The molecular formula is C15H21F5O2. The lowest BCUT2D eigenvalue weighted by molar-refractivity contribution is -0.191. The lowest BCUT2D eigenvalue weighted by Gasteiger charge is -2.26. The Morgan fingerprint density at radius 1 is 1.23 bits per heavy atom. The Balaban J connectivity index is 2.64. The van der Waals surface area contributed by atoms with Crippen LogP contribution in [0.15, 0.2) is 12.2 Å². The molecule has 1 atom stereocenters. The third kappa shape index (κ3) is 6.75. The highest BCUT2D eigenvalue weighted by Gasteiger charge is 2.44. The van der Waals surface area contributed by atoms with Crippen LogP contribution in [0.2, 0.25) is 0 Å². The summed E-state index contributed by atoms with van der Waals surface area (Å²) in [4.78, 5) is 11.6. The number of hydrogen-bond donors (Lipinski definition) is 0. The lowest BCUT2D eigenvalue weighted by Crippen LogP contribution is -2.31. The minimum absolute atomic E-state index is 0.0648. The summed E-state index contributed by atoms with van der Waals surface area (Å²) in [6.07, 6.45) is -5.77. The van der Waals surface area contributed by atoms with E-state index in [-0.39, 0.29) is 17.9 Å². The van der Waals surface area contributed by atoms with Crippen LogP contribution >= 0.6 is 0 Å². The predicted octanol–water partition coefficient (Wildman–Crippen LogP) is 5.03. The minimum atomic E-state index is -4.92. The maximum Gasteiger partial charge on any atom is 0.394 e. The largest absolute Gasteiger partial charge is 0.459 e. The van der Waals surface area contributed by atoms with Crippen LogP contribution in [-0.4, -0.2) is 24.2 Å². The fourth-order valence-electron chi connectivity index (χ4n) is 2.69. The van der Waals surface area contributed by atoms with Crippen LogP contribution < -0.4 is 0 Å². The van der Waals surface area contributed by atoms with E-state index in [0.717, 1.165) is 25.7 Å². The summed E-state index contributed by atoms with van der Waals surface area (Å²) < 4.78 is 68.3. The SMILES string of the molecule is C=C(C)C(=O)OC(CCC(F)(F)CC(F)(F)F)C1CCCC1. The quantitative estimate of drug-likeness (QED) is 0.372. The minimum Gasteiger partial charge on any atom is -0.459 e. The van der Waals surface area contributed by atoms with Crippen LogP contribution in [0.25, 0.3) is 0 Å². The van der Waals surface area contributed by atoms with E-state index in [1.807, 2.05) is 0 Å². The zero-order chi connectivity index (χ0) is 17.0. The van der Waals surface area contributed by atoms with Crippen molar-refractivity contribution in [3.05, 3.63) is 12.2 Å². The van der Waals surface area contributed by atoms with Gasteiger partial charge in [-0.1, -0.05) is 19.4 Å². The van der Waals surface area contributed by atoms with Gasteiger partial charge in [0.2, 0.25) is 0 Å².